The van der Waals surface area contributed by atoms with Crippen molar-refractivity contribution < 1.29 is 21.3 Å². The van der Waals surface area contributed by atoms with Crippen LogP contribution in [-0.4, -0.2) is 3.21 Å². The Bertz CT molecular complexity index is 1730. The fourth-order valence-electron chi connectivity index (χ4n) is 7.55. The number of fused-ring (bicyclic) bond motifs is 3. The van der Waals surface area contributed by atoms with E-state index in [-0.39, 0.29) is 10.8 Å². The molecule has 0 heterocycles. The van der Waals surface area contributed by atoms with Gasteiger partial charge in [-0.05, 0) is 0 Å². The molecule has 248 valence electrons. The summed E-state index contributed by atoms with van der Waals surface area (Å²) >= 11 is -2.72. The molecule has 0 unspecified atom stereocenters. The van der Waals surface area contributed by atoms with E-state index < -0.39 is 21.3 Å². The first-order chi connectivity index (χ1) is 23.0. The summed E-state index contributed by atoms with van der Waals surface area (Å²) in [4.78, 5) is 0. The number of allylic oxidation sites excluding steroid dienone is 4. The van der Waals surface area contributed by atoms with Crippen LogP contribution in [0.25, 0.3) is 11.1 Å². The molecule has 0 N–H and O–H groups in total. The summed E-state index contributed by atoms with van der Waals surface area (Å²) in [6.07, 6.45) is 15.6. The van der Waals surface area contributed by atoms with Crippen molar-refractivity contribution in [2.75, 3.05) is 0 Å². The fraction of sp³-hybridized carbons (Fsp3) is 0.383. The van der Waals surface area contributed by atoms with Gasteiger partial charge in [0.2, 0.25) is 0 Å². The summed E-state index contributed by atoms with van der Waals surface area (Å²) in [6.45, 7) is 18.7. The Labute approximate surface area is 299 Å². The molecule has 0 atom stereocenters. The average Bonchev–Trinajstić information content (AvgIpc) is 3.71. The van der Waals surface area contributed by atoms with Crippen LogP contribution < -0.4 is 0 Å². The number of aryl methyl sites for hydroxylation is 2. The van der Waals surface area contributed by atoms with E-state index in [0.29, 0.717) is 3.63 Å². The van der Waals surface area contributed by atoms with E-state index in [4.69, 9.17) is 0 Å². The predicted octanol–water partition coefficient (Wildman–Crippen LogP) is 12.8. The Hall–Kier alpha value is -2.89. The molecule has 0 saturated heterocycles. The topological polar surface area (TPSA) is 0 Å². The van der Waals surface area contributed by atoms with Crippen LogP contribution in [0.5, 0.6) is 0 Å². The molecular weight excluding hydrogens is 656 g/mol. The van der Waals surface area contributed by atoms with Gasteiger partial charge in [0.05, 0.1) is 0 Å². The van der Waals surface area contributed by atoms with Gasteiger partial charge >= 0.3 is 301 Å². The van der Waals surface area contributed by atoms with E-state index in [1.807, 2.05) is 0 Å². The third-order valence-corrected chi connectivity index (χ3v) is 18.9. The number of hydrogen-bond acceptors (Lipinski definition) is 0. The van der Waals surface area contributed by atoms with E-state index in [1.165, 1.54) is 70.2 Å². The Kier molecular flexibility index (Phi) is 10.6. The van der Waals surface area contributed by atoms with Crippen molar-refractivity contribution >= 4 is 3.21 Å². The van der Waals surface area contributed by atoms with E-state index in [2.05, 4.69) is 159 Å². The first kappa shape index (κ1) is 35.0. The molecule has 4 aromatic rings. The van der Waals surface area contributed by atoms with Gasteiger partial charge in [-0.1, -0.05) is 0 Å². The van der Waals surface area contributed by atoms with Crippen molar-refractivity contribution in [1.82, 2.24) is 0 Å². The monoisotopic (exact) mass is 710 g/mol. The van der Waals surface area contributed by atoms with Crippen molar-refractivity contribution in [3.05, 3.63) is 151 Å². The van der Waals surface area contributed by atoms with Gasteiger partial charge in [0, 0.05) is 0 Å². The van der Waals surface area contributed by atoms with Gasteiger partial charge in [-0.2, -0.15) is 0 Å². The van der Waals surface area contributed by atoms with E-state index in [1.54, 1.807) is 17.6 Å². The van der Waals surface area contributed by atoms with Crippen LogP contribution >= 0.6 is 0 Å². The second-order valence-corrected chi connectivity index (χ2v) is 22.5. The molecule has 2 aliphatic rings. The van der Waals surface area contributed by atoms with Crippen LogP contribution in [0.1, 0.15) is 136 Å². The third kappa shape index (κ3) is 7.33. The summed E-state index contributed by atoms with van der Waals surface area (Å²) in [5, 5.41) is 0. The van der Waals surface area contributed by atoms with Gasteiger partial charge < -0.3 is 0 Å². The van der Waals surface area contributed by atoms with Gasteiger partial charge in [-0.25, -0.2) is 0 Å². The summed E-state index contributed by atoms with van der Waals surface area (Å²) in [6, 6.07) is 34.6. The zero-order valence-corrected chi connectivity index (χ0v) is 33.3. The standard InChI is InChI=1S/C21H25.C21H26.C5H5.Zr/c1-20(2,3)16-9-7-14-11-15-8-10-17(21(4,5)6)13-19(15)18(14)12-16;1-3-5-7-18-9-13-20(14-10-18)17-21-15-11-19(12-16-21)8-6-4-2;1-2-4-5-3-1;/h7-13H,1-6H3;9-16H,3-8H2,1-2H3;1-3H,4H2;. The SMILES string of the molecule is CCCCc1ccc([C](c2ccc(CCCC)cc2)=[Zr]([C]2=CC=CC2)[CH]2c3ccc(C(C)(C)C)cc3-c3cc(C(C)(C)C)ccc32)cc1. The molecule has 0 aromatic heterocycles. The molecule has 1 heteroatoms. The quantitative estimate of drug-likeness (QED) is 0.154. The fourth-order valence-corrected chi connectivity index (χ4v) is 16.6. The molecule has 0 amide bonds. The van der Waals surface area contributed by atoms with Gasteiger partial charge in [-0.15, -0.1) is 0 Å². The maximum atomic E-state index is 2.55. The molecule has 48 heavy (non-hydrogen) atoms. The van der Waals surface area contributed by atoms with Crippen LogP contribution in [0.2, 0.25) is 0 Å². The van der Waals surface area contributed by atoms with E-state index >= 15 is 0 Å². The van der Waals surface area contributed by atoms with Crippen LogP contribution in [0.3, 0.4) is 0 Å². The molecule has 0 saturated carbocycles. The summed E-state index contributed by atoms with van der Waals surface area (Å²) < 4.78 is 3.79. The normalized spacial score (nSPS) is 14.2. The Morgan fingerprint density at radius 1 is 0.625 bits per heavy atom. The Morgan fingerprint density at radius 2 is 1.08 bits per heavy atom. The zero-order chi connectivity index (χ0) is 34.1. The van der Waals surface area contributed by atoms with E-state index in [0.717, 1.165) is 19.3 Å². The van der Waals surface area contributed by atoms with Crippen LogP contribution in [0, 0.1) is 0 Å². The summed E-state index contributed by atoms with van der Waals surface area (Å²) in [7, 11) is 0. The first-order valence-electron chi connectivity index (χ1n) is 18.6. The van der Waals surface area contributed by atoms with Crippen LogP contribution in [0.15, 0.2) is 106 Å². The molecule has 0 aliphatic heterocycles. The first-order valence-corrected chi connectivity index (χ1v) is 22.5. The van der Waals surface area contributed by atoms with Crippen LogP contribution in [-0.2, 0) is 44.9 Å². The molecule has 4 aromatic carbocycles. The van der Waals surface area contributed by atoms with Crippen molar-refractivity contribution in [3.63, 3.8) is 0 Å². The number of unbranched alkanes of at least 4 members (excludes halogenated alkanes) is 2. The van der Waals surface area contributed by atoms with Crippen molar-refractivity contribution in [2.24, 2.45) is 0 Å². The molecule has 6 rings (SSSR count). The molecule has 0 radical (unpaired) electrons. The van der Waals surface area contributed by atoms with Gasteiger partial charge in [0.15, 0.2) is 0 Å². The maximum absolute atomic E-state index is 2.72. The predicted molar refractivity (Wildman–Crippen MR) is 206 cm³/mol. The molecular formula is C47H56Zr. The molecule has 2 aliphatic carbocycles. The van der Waals surface area contributed by atoms with Crippen molar-refractivity contribution in [1.29, 1.82) is 0 Å². The molecule has 0 spiro atoms. The van der Waals surface area contributed by atoms with Gasteiger partial charge in [0.25, 0.3) is 0 Å². The van der Waals surface area contributed by atoms with Crippen molar-refractivity contribution in [3.8, 4) is 11.1 Å². The minimum absolute atomic E-state index is 0.102. The molecule has 0 fully saturated rings. The minimum atomic E-state index is -2.72. The molecule has 0 bridgehead atoms. The second-order valence-electron chi connectivity index (χ2n) is 16.3. The van der Waals surface area contributed by atoms with Gasteiger partial charge in [0.1, 0.15) is 0 Å². The van der Waals surface area contributed by atoms with Gasteiger partial charge in [-0.3, -0.25) is 0 Å². The summed E-state index contributed by atoms with van der Waals surface area (Å²) in [5.74, 6) is 0. The Morgan fingerprint density at radius 3 is 1.46 bits per heavy atom. The van der Waals surface area contributed by atoms with Crippen LogP contribution in [0.4, 0.5) is 0 Å². The number of hydrogen-bond donors (Lipinski definition) is 0. The number of rotatable bonds is 10. The summed E-state index contributed by atoms with van der Waals surface area (Å²) in [5.41, 5.74) is 14.9. The van der Waals surface area contributed by atoms with E-state index in [9.17, 15) is 0 Å². The van der Waals surface area contributed by atoms with Crippen molar-refractivity contribution in [2.45, 2.75) is 115 Å². The second kappa shape index (κ2) is 14.5. The number of benzene rings is 4. The average molecular weight is 712 g/mol. The molecule has 0 nitrogen and oxygen atoms in total. The Balaban J connectivity index is 1.64. The zero-order valence-electron chi connectivity index (χ0n) is 30.8. The third-order valence-electron chi connectivity index (χ3n) is 10.5.